The van der Waals surface area contributed by atoms with Gasteiger partial charge in [0, 0.05) is 11.3 Å². The molecule has 5 rings (SSSR count). The van der Waals surface area contributed by atoms with E-state index < -0.39 is 0 Å². The van der Waals surface area contributed by atoms with Gasteiger partial charge in [-0.3, -0.25) is 10.1 Å². The number of thioether (sulfide) groups is 1. The molecule has 2 aromatic heterocycles. The van der Waals surface area contributed by atoms with Crippen molar-refractivity contribution >= 4 is 34.1 Å². The lowest BCUT2D eigenvalue weighted by atomic mass is 10.1. The molecule has 0 fully saturated rings. The van der Waals surface area contributed by atoms with E-state index in [9.17, 15) is 4.79 Å². The van der Waals surface area contributed by atoms with E-state index in [1.807, 2.05) is 72.8 Å². The first-order valence-corrected chi connectivity index (χ1v) is 12.5. The van der Waals surface area contributed by atoms with Crippen molar-refractivity contribution in [1.82, 2.24) is 20.0 Å². The van der Waals surface area contributed by atoms with Gasteiger partial charge in [0.15, 0.2) is 4.34 Å². The van der Waals surface area contributed by atoms with Crippen LogP contribution in [0.15, 0.2) is 95.3 Å². The summed E-state index contributed by atoms with van der Waals surface area (Å²) in [5, 5.41) is 25.2. The first-order chi connectivity index (χ1) is 17.2. The van der Waals surface area contributed by atoms with E-state index in [2.05, 4.69) is 21.6 Å². The number of benzene rings is 3. The summed E-state index contributed by atoms with van der Waals surface area (Å²) in [5.41, 5.74) is 4.52. The van der Waals surface area contributed by atoms with Crippen LogP contribution in [-0.4, -0.2) is 25.9 Å². The van der Waals surface area contributed by atoms with E-state index in [0.29, 0.717) is 27.8 Å². The Kier molecular flexibility index (Phi) is 6.66. The number of carbonyl (C=O) groups excluding carboxylic acids is 1. The Bertz CT molecular complexity index is 1490. The number of amides is 1. The molecule has 0 aliphatic heterocycles. The molecule has 1 N–H and O–H groups in total. The fourth-order valence-electron chi connectivity index (χ4n) is 3.36. The third-order valence-corrected chi connectivity index (χ3v) is 7.13. The largest absolute Gasteiger partial charge is 0.295 e. The van der Waals surface area contributed by atoms with Crippen LogP contribution in [0.1, 0.15) is 21.6 Å². The van der Waals surface area contributed by atoms with Crippen LogP contribution in [0.3, 0.4) is 0 Å². The number of hydrogen-bond acceptors (Lipinski definition) is 7. The molecule has 0 spiro atoms. The molecule has 0 saturated heterocycles. The molecule has 2 heterocycles. The lowest BCUT2D eigenvalue weighted by Gasteiger charge is -2.06. The lowest BCUT2D eigenvalue weighted by Crippen LogP contribution is -2.16. The third kappa shape index (κ3) is 5.30. The summed E-state index contributed by atoms with van der Waals surface area (Å²) < 4.78 is 2.38. The zero-order chi connectivity index (χ0) is 24.0. The summed E-state index contributed by atoms with van der Waals surface area (Å²) in [6, 6.07) is 30.6. The van der Waals surface area contributed by atoms with Gasteiger partial charge < -0.3 is 0 Å². The molecule has 3 aromatic carbocycles. The van der Waals surface area contributed by atoms with Gasteiger partial charge in [-0.25, -0.2) is 4.68 Å². The predicted molar refractivity (Wildman–Crippen MR) is 138 cm³/mol. The molecule has 0 aliphatic rings. The summed E-state index contributed by atoms with van der Waals surface area (Å²) in [6.45, 7) is 0. The highest BCUT2D eigenvalue weighted by molar-refractivity contribution is 8.00. The van der Waals surface area contributed by atoms with Crippen LogP contribution in [0.25, 0.3) is 16.9 Å². The fourth-order valence-corrected chi connectivity index (χ4v) is 5.06. The van der Waals surface area contributed by atoms with Crippen molar-refractivity contribution in [2.45, 2.75) is 10.1 Å². The Hall–Kier alpha value is -4.26. The quantitative estimate of drug-likeness (QED) is 0.227. The Labute approximate surface area is 210 Å². The highest BCUT2D eigenvalue weighted by Crippen LogP contribution is 2.29. The van der Waals surface area contributed by atoms with E-state index in [1.165, 1.54) is 23.1 Å². The number of carbonyl (C=O) groups is 1. The van der Waals surface area contributed by atoms with Crippen LogP contribution in [0.5, 0.6) is 0 Å². The molecule has 35 heavy (non-hydrogen) atoms. The van der Waals surface area contributed by atoms with Gasteiger partial charge in [-0.05, 0) is 35.9 Å². The zero-order valence-electron chi connectivity index (χ0n) is 18.3. The van der Waals surface area contributed by atoms with Crippen molar-refractivity contribution in [3.05, 3.63) is 108 Å². The average molecular weight is 495 g/mol. The molecule has 0 aliphatic carbocycles. The van der Waals surface area contributed by atoms with Crippen LogP contribution in [0.4, 0.5) is 5.13 Å². The van der Waals surface area contributed by atoms with Crippen LogP contribution >= 0.6 is 23.1 Å². The second kappa shape index (κ2) is 10.3. The van der Waals surface area contributed by atoms with E-state index in [1.54, 1.807) is 22.9 Å². The molecular formula is C26H18N6OS2. The summed E-state index contributed by atoms with van der Waals surface area (Å²) in [7, 11) is 0. The van der Waals surface area contributed by atoms with E-state index in [-0.39, 0.29) is 5.91 Å². The average Bonchev–Trinajstić information content (AvgIpc) is 3.56. The van der Waals surface area contributed by atoms with Crippen LogP contribution in [-0.2, 0) is 5.75 Å². The minimum Gasteiger partial charge on any atom is -0.295 e. The van der Waals surface area contributed by atoms with E-state index >= 15 is 0 Å². The minimum absolute atomic E-state index is 0.316. The Morgan fingerprint density at radius 1 is 0.971 bits per heavy atom. The number of nitriles is 1. The first kappa shape index (κ1) is 22.5. The number of rotatable bonds is 7. The van der Waals surface area contributed by atoms with Gasteiger partial charge >= 0.3 is 0 Å². The van der Waals surface area contributed by atoms with Gasteiger partial charge in [0.25, 0.3) is 5.91 Å². The molecule has 1 amide bonds. The van der Waals surface area contributed by atoms with E-state index in [0.717, 1.165) is 21.2 Å². The Balaban J connectivity index is 1.33. The monoisotopic (exact) mass is 494 g/mol. The van der Waals surface area contributed by atoms with Crippen molar-refractivity contribution in [3.8, 4) is 23.0 Å². The minimum atomic E-state index is -0.316. The molecule has 5 aromatic rings. The zero-order valence-corrected chi connectivity index (χ0v) is 20.0. The van der Waals surface area contributed by atoms with Crippen molar-refractivity contribution in [3.63, 3.8) is 0 Å². The van der Waals surface area contributed by atoms with Gasteiger partial charge in [0.2, 0.25) is 5.13 Å². The molecule has 9 heteroatoms. The van der Waals surface area contributed by atoms with Gasteiger partial charge in [-0.2, -0.15) is 10.4 Å². The second-order valence-corrected chi connectivity index (χ2v) is 9.65. The van der Waals surface area contributed by atoms with Gasteiger partial charge in [0.05, 0.1) is 23.0 Å². The van der Waals surface area contributed by atoms with Crippen molar-refractivity contribution in [2.24, 2.45) is 0 Å². The molecule has 0 saturated carbocycles. The summed E-state index contributed by atoms with van der Waals surface area (Å²) in [4.78, 5) is 13.2. The SMILES string of the molecule is N#Cc1ccc(CSc2nnc(NC(=O)c3cc(-c4ccccc4)nn3-c3ccccc3)s2)cc1. The van der Waals surface area contributed by atoms with Crippen molar-refractivity contribution in [1.29, 1.82) is 5.26 Å². The highest BCUT2D eigenvalue weighted by atomic mass is 32.2. The molecule has 170 valence electrons. The second-order valence-electron chi connectivity index (χ2n) is 7.45. The van der Waals surface area contributed by atoms with Crippen molar-refractivity contribution in [2.75, 3.05) is 5.32 Å². The van der Waals surface area contributed by atoms with Gasteiger partial charge in [0.1, 0.15) is 5.69 Å². The Morgan fingerprint density at radius 3 is 2.40 bits per heavy atom. The maximum absolute atomic E-state index is 13.2. The third-order valence-electron chi connectivity index (χ3n) is 5.08. The molecule has 7 nitrogen and oxygen atoms in total. The summed E-state index contributed by atoms with van der Waals surface area (Å²) >= 11 is 2.84. The maximum atomic E-state index is 13.2. The fraction of sp³-hybridized carbons (Fsp3) is 0.0385. The lowest BCUT2D eigenvalue weighted by molar-refractivity contribution is 0.101. The topological polar surface area (TPSA) is 96.5 Å². The number of aromatic nitrogens is 4. The normalized spacial score (nSPS) is 10.6. The maximum Gasteiger partial charge on any atom is 0.276 e. The van der Waals surface area contributed by atoms with Crippen molar-refractivity contribution < 1.29 is 4.79 Å². The number of anilines is 1. The molecule has 0 radical (unpaired) electrons. The van der Waals surface area contributed by atoms with Crippen LogP contribution in [0, 0.1) is 11.3 Å². The Morgan fingerprint density at radius 2 is 1.69 bits per heavy atom. The van der Waals surface area contributed by atoms with Gasteiger partial charge in [-0.1, -0.05) is 83.8 Å². The number of hydrogen-bond donors (Lipinski definition) is 1. The molecular weight excluding hydrogens is 476 g/mol. The van der Waals surface area contributed by atoms with Gasteiger partial charge in [-0.15, -0.1) is 10.2 Å². The number of para-hydroxylation sites is 1. The first-order valence-electron chi connectivity index (χ1n) is 10.7. The predicted octanol–water partition coefficient (Wildman–Crippen LogP) is 5.81. The summed E-state index contributed by atoms with van der Waals surface area (Å²) in [6.07, 6.45) is 0. The molecule has 0 atom stereocenters. The number of nitrogens with zero attached hydrogens (tertiary/aromatic N) is 5. The van der Waals surface area contributed by atoms with E-state index in [4.69, 9.17) is 10.4 Å². The number of nitrogens with one attached hydrogen (secondary N) is 1. The summed E-state index contributed by atoms with van der Waals surface area (Å²) in [5.74, 6) is 0.374. The smallest absolute Gasteiger partial charge is 0.276 e. The standard InChI is InChI=1S/C26H18N6OS2/c27-16-18-11-13-19(14-12-18)17-34-26-30-29-25(35-26)28-24(33)23-15-22(20-7-3-1-4-8-20)31-32(23)21-9-5-2-6-10-21/h1-15H,17H2,(H,28,29,33). The highest BCUT2D eigenvalue weighted by Gasteiger charge is 2.19. The molecule has 0 unspecified atom stereocenters. The van der Waals surface area contributed by atoms with Crippen LogP contribution < -0.4 is 5.32 Å². The van der Waals surface area contributed by atoms with Crippen LogP contribution in [0.2, 0.25) is 0 Å². The molecule has 0 bridgehead atoms.